The molecule has 2 nitrogen and oxygen atoms in total. The second-order valence-electron chi connectivity index (χ2n) is 4.44. The van der Waals surface area contributed by atoms with Crippen LogP contribution in [0.2, 0.25) is 0 Å². The second kappa shape index (κ2) is 6.02. The van der Waals surface area contributed by atoms with E-state index in [1.165, 1.54) is 36.4 Å². The number of alkyl halides is 6. The molecule has 0 aliphatic carbocycles. The standard InChI is InChI=1S/C15H10F6O2/c16-13(17,14(18,19)22-11-7-3-1-4-8-11)15(20,21)23-12-9-5-2-6-10-12/h1-10H. The molecule has 0 aliphatic heterocycles. The molecule has 0 heterocycles. The van der Waals surface area contributed by atoms with E-state index in [1.54, 1.807) is 0 Å². The fourth-order valence-corrected chi connectivity index (χ4v) is 1.57. The van der Waals surface area contributed by atoms with Gasteiger partial charge in [-0.3, -0.25) is 0 Å². The van der Waals surface area contributed by atoms with E-state index in [0.717, 1.165) is 24.3 Å². The number of rotatable bonds is 6. The first-order chi connectivity index (χ1) is 10.7. The molecule has 124 valence electrons. The van der Waals surface area contributed by atoms with E-state index in [0.29, 0.717) is 0 Å². The van der Waals surface area contributed by atoms with Gasteiger partial charge in [0.1, 0.15) is 11.5 Å². The molecule has 0 spiro atoms. The zero-order chi connectivity index (χ0) is 17.1. The molecule has 2 aromatic rings. The SMILES string of the molecule is FC(F)(Oc1ccccc1)C(F)(F)C(F)(F)Oc1ccccc1. The first-order valence-electron chi connectivity index (χ1n) is 6.27. The predicted octanol–water partition coefficient (Wildman–Crippen LogP) is 4.97. The van der Waals surface area contributed by atoms with Crippen molar-refractivity contribution in [2.75, 3.05) is 0 Å². The molecular formula is C15H10F6O2. The lowest BCUT2D eigenvalue weighted by atomic mass is 10.2. The summed E-state index contributed by atoms with van der Waals surface area (Å²) >= 11 is 0. The average Bonchev–Trinajstić information content (AvgIpc) is 2.48. The van der Waals surface area contributed by atoms with Crippen molar-refractivity contribution < 1.29 is 35.8 Å². The summed E-state index contributed by atoms with van der Waals surface area (Å²) in [5, 5.41) is 0. The van der Waals surface area contributed by atoms with Gasteiger partial charge in [-0.15, -0.1) is 0 Å². The number of para-hydroxylation sites is 2. The Bertz CT molecular complexity index is 575. The van der Waals surface area contributed by atoms with Crippen LogP contribution < -0.4 is 9.47 Å². The van der Waals surface area contributed by atoms with Crippen molar-refractivity contribution in [2.24, 2.45) is 0 Å². The van der Waals surface area contributed by atoms with Crippen LogP contribution in [0.3, 0.4) is 0 Å². The quantitative estimate of drug-likeness (QED) is 0.694. The third-order valence-corrected chi connectivity index (χ3v) is 2.71. The molecule has 2 aromatic carbocycles. The first kappa shape index (κ1) is 17.0. The van der Waals surface area contributed by atoms with Gasteiger partial charge >= 0.3 is 18.1 Å². The van der Waals surface area contributed by atoms with Gasteiger partial charge in [0.2, 0.25) is 0 Å². The molecule has 2 rings (SSSR count). The third kappa shape index (κ3) is 3.52. The molecule has 0 unspecified atom stereocenters. The maximum Gasteiger partial charge on any atom is 0.475 e. The smallest absolute Gasteiger partial charge is 0.428 e. The van der Waals surface area contributed by atoms with Crippen molar-refractivity contribution in [3.8, 4) is 11.5 Å². The topological polar surface area (TPSA) is 18.5 Å². The van der Waals surface area contributed by atoms with Gasteiger partial charge in [0.15, 0.2) is 0 Å². The van der Waals surface area contributed by atoms with E-state index in [-0.39, 0.29) is 0 Å². The van der Waals surface area contributed by atoms with Gasteiger partial charge in [0.25, 0.3) is 0 Å². The Morgan fingerprint density at radius 3 is 1.13 bits per heavy atom. The van der Waals surface area contributed by atoms with Gasteiger partial charge in [0.05, 0.1) is 0 Å². The second-order valence-corrected chi connectivity index (χ2v) is 4.44. The summed E-state index contributed by atoms with van der Waals surface area (Å²) in [5.41, 5.74) is 0. The van der Waals surface area contributed by atoms with Gasteiger partial charge in [-0.25, -0.2) is 0 Å². The highest BCUT2D eigenvalue weighted by Crippen LogP contribution is 2.47. The van der Waals surface area contributed by atoms with Crippen LogP contribution in [0.15, 0.2) is 60.7 Å². The Morgan fingerprint density at radius 2 is 0.826 bits per heavy atom. The van der Waals surface area contributed by atoms with Crippen molar-refractivity contribution >= 4 is 0 Å². The first-order valence-corrected chi connectivity index (χ1v) is 6.27. The number of benzene rings is 2. The fourth-order valence-electron chi connectivity index (χ4n) is 1.57. The highest BCUT2D eigenvalue weighted by Gasteiger charge is 2.77. The van der Waals surface area contributed by atoms with Crippen LogP contribution in [-0.2, 0) is 0 Å². The minimum atomic E-state index is -5.91. The van der Waals surface area contributed by atoms with Crippen LogP contribution >= 0.6 is 0 Å². The van der Waals surface area contributed by atoms with Gasteiger partial charge < -0.3 is 9.47 Å². The average molecular weight is 336 g/mol. The van der Waals surface area contributed by atoms with E-state index < -0.39 is 29.6 Å². The molecule has 0 fully saturated rings. The molecule has 0 amide bonds. The van der Waals surface area contributed by atoms with E-state index in [9.17, 15) is 26.3 Å². The molecule has 0 atom stereocenters. The summed E-state index contributed by atoms with van der Waals surface area (Å²) in [6.07, 6.45) is -11.0. The lowest BCUT2D eigenvalue weighted by Gasteiger charge is -2.31. The molecule has 8 heteroatoms. The molecule has 0 saturated heterocycles. The zero-order valence-corrected chi connectivity index (χ0v) is 11.4. The van der Waals surface area contributed by atoms with E-state index in [4.69, 9.17) is 0 Å². The molecule has 23 heavy (non-hydrogen) atoms. The van der Waals surface area contributed by atoms with Crippen molar-refractivity contribution in [2.45, 2.75) is 18.1 Å². The van der Waals surface area contributed by atoms with Gasteiger partial charge in [-0.1, -0.05) is 36.4 Å². The Morgan fingerprint density at radius 1 is 0.522 bits per heavy atom. The van der Waals surface area contributed by atoms with Crippen LogP contribution in [0.4, 0.5) is 26.3 Å². The number of hydrogen-bond acceptors (Lipinski definition) is 2. The minimum Gasteiger partial charge on any atom is -0.428 e. The van der Waals surface area contributed by atoms with Crippen LogP contribution in [0.5, 0.6) is 11.5 Å². The largest absolute Gasteiger partial charge is 0.475 e. The van der Waals surface area contributed by atoms with Crippen molar-refractivity contribution in [3.63, 3.8) is 0 Å². The molecular weight excluding hydrogens is 326 g/mol. The summed E-state index contributed by atoms with van der Waals surface area (Å²) < 4.78 is 88.9. The fraction of sp³-hybridized carbons (Fsp3) is 0.200. The van der Waals surface area contributed by atoms with Crippen molar-refractivity contribution in [1.29, 1.82) is 0 Å². The number of hydrogen-bond donors (Lipinski definition) is 0. The molecule has 0 saturated carbocycles. The van der Waals surface area contributed by atoms with Gasteiger partial charge in [-0.2, -0.15) is 26.3 Å². The maximum absolute atomic E-state index is 13.6. The summed E-state index contributed by atoms with van der Waals surface area (Å²) in [6, 6.07) is 11.4. The van der Waals surface area contributed by atoms with E-state index in [1.807, 2.05) is 0 Å². The Kier molecular flexibility index (Phi) is 4.44. The third-order valence-electron chi connectivity index (χ3n) is 2.71. The van der Waals surface area contributed by atoms with Crippen LogP contribution in [0, 0.1) is 0 Å². The number of halogens is 6. The van der Waals surface area contributed by atoms with Crippen LogP contribution in [0.1, 0.15) is 0 Å². The number of ether oxygens (including phenoxy) is 2. The maximum atomic E-state index is 13.6. The predicted molar refractivity (Wildman–Crippen MR) is 69.0 cm³/mol. The van der Waals surface area contributed by atoms with Crippen molar-refractivity contribution in [1.82, 2.24) is 0 Å². The van der Waals surface area contributed by atoms with Gasteiger partial charge in [0, 0.05) is 0 Å². The normalized spacial score (nSPS) is 12.8. The Balaban J connectivity index is 2.23. The van der Waals surface area contributed by atoms with Crippen molar-refractivity contribution in [3.05, 3.63) is 60.7 Å². The molecule has 0 aromatic heterocycles. The molecule has 0 radical (unpaired) electrons. The molecule has 0 aliphatic rings. The highest BCUT2D eigenvalue weighted by atomic mass is 19.4. The lowest BCUT2D eigenvalue weighted by molar-refractivity contribution is -0.415. The summed E-state index contributed by atoms with van der Waals surface area (Å²) in [4.78, 5) is 0. The van der Waals surface area contributed by atoms with Crippen LogP contribution in [0.25, 0.3) is 0 Å². The van der Waals surface area contributed by atoms with E-state index in [2.05, 4.69) is 9.47 Å². The lowest BCUT2D eigenvalue weighted by Crippen LogP contribution is -2.59. The molecule has 0 bridgehead atoms. The monoisotopic (exact) mass is 336 g/mol. The summed E-state index contributed by atoms with van der Waals surface area (Å²) in [5.74, 6) is -7.29. The van der Waals surface area contributed by atoms with Crippen LogP contribution in [-0.4, -0.2) is 18.1 Å². The van der Waals surface area contributed by atoms with Gasteiger partial charge in [-0.05, 0) is 24.3 Å². The highest BCUT2D eigenvalue weighted by molar-refractivity contribution is 5.23. The summed E-state index contributed by atoms with van der Waals surface area (Å²) in [6.45, 7) is 0. The summed E-state index contributed by atoms with van der Waals surface area (Å²) in [7, 11) is 0. The molecule has 0 N–H and O–H groups in total. The van der Waals surface area contributed by atoms with E-state index >= 15 is 0 Å². The Hall–Kier alpha value is -2.38. The minimum absolute atomic E-state index is 0.687. The Labute approximate surface area is 127 Å². The zero-order valence-electron chi connectivity index (χ0n) is 11.4.